The first-order valence-electron chi connectivity index (χ1n) is 8.98. The minimum Gasteiger partial charge on any atom is -0.356 e. The number of rotatable bonds is 2. The van der Waals surface area contributed by atoms with E-state index in [1.165, 1.54) is 4.68 Å². The van der Waals surface area contributed by atoms with Crippen molar-refractivity contribution in [2.45, 2.75) is 19.8 Å². The summed E-state index contributed by atoms with van der Waals surface area (Å²) in [7, 11) is 1.83. The van der Waals surface area contributed by atoms with Gasteiger partial charge in [0.25, 0.3) is 11.5 Å². The van der Waals surface area contributed by atoms with E-state index in [-0.39, 0.29) is 11.5 Å². The van der Waals surface area contributed by atoms with E-state index in [1.807, 2.05) is 42.3 Å². The fourth-order valence-corrected chi connectivity index (χ4v) is 3.68. The maximum atomic E-state index is 13.1. The molecule has 1 aromatic carbocycles. The number of pyridine rings is 1. The lowest BCUT2D eigenvalue weighted by molar-refractivity contribution is 0.0682. The number of likely N-dealkylation sites (tertiary alicyclic amines) is 1. The van der Waals surface area contributed by atoms with Crippen molar-refractivity contribution in [3.63, 3.8) is 0 Å². The van der Waals surface area contributed by atoms with Gasteiger partial charge in [0.05, 0.1) is 16.8 Å². The summed E-state index contributed by atoms with van der Waals surface area (Å²) in [4.78, 5) is 27.9. The second-order valence-corrected chi connectivity index (χ2v) is 7.15. The van der Waals surface area contributed by atoms with Crippen molar-refractivity contribution < 1.29 is 4.79 Å². The zero-order valence-corrected chi connectivity index (χ0v) is 15.1. The topological polar surface area (TPSA) is 60.1 Å². The van der Waals surface area contributed by atoms with Crippen molar-refractivity contribution in [1.82, 2.24) is 19.2 Å². The van der Waals surface area contributed by atoms with Crippen molar-refractivity contribution in [1.29, 1.82) is 0 Å². The number of amides is 1. The van der Waals surface area contributed by atoms with Gasteiger partial charge in [-0.25, -0.2) is 0 Å². The van der Waals surface area contributed by atoms with Crippen molar-refractivity contribution in [2.75, 3.05) is 13.1 Å². The third-order valence-electron chi connectivity index (χ3n) is 4.97. The Bertz CT molecular complexity index is 973. The zero-order chi connectivity index (χ0) is 18.3. The van der Waals surface area contributed by atoms with Crippen LogP contribution in [0, 0.1) is 5.92 Å². The summed E-state index contributed by atoms with van der Waals surface area (Å²) >= 11 is 0. The number of aryl methyl sites for hydroxylation is 1. The molecule has 0 aromatic heterocycles. The van der Waals surface area contributed by atoms with Gasteiger partial charge in [0.15, 0.2) is 0 Å². The highest BCUT2D eigenvalue weighted by Gasteiger charge is 2.28. The van der Waals surface area contributed by atoms with Crippen molar-refractivity contribution >= 4 is 5.91 Å². The molecule has 0 saturated carbocycles. The molecular formula is C20H22N4O2. The van der Waals surface area contributed by atoms with Gasteiger partial charge in [0.2, 0.25) is 0 Å². The van der Waals surface area contributed by atoms with Gasteiger partial charge < -0.3 is 9.47 Å². The van der Waals surface area contributed by atoms with Gasteiger partial charge in [-0.3, -0.25) is 9.59 Å². The Morgan fingerprint density at radius 1 is 1.19 bits per heavy atom. The molecule has 1 amide bonds. The van der Waals surface area contributed by atoms with E-state index in [9.17, 15) is 9.59 Å². The van der Waals surface area contributed by atoms with E-state index in [4.69, 9.17) is 0 Å². The smallest absolute Gasteiger partial charge is 0.282 e. The first-order chi connectivity index (χ1) is 12.5. The molecule has 0 N–H and O–H groups in total. The van der Waals surface area contributed by atoms with Crippen LogP contribution < -0.4 is 5.56 Å². The molecule has 6 heteroatoms. The molecule has 134 valence electrons. The Morgan fingerprint density at radius 2 is 1.96 bits per heavy atom. The quantitative estimate of drug-likeness (QED) is 0.714. The fraction of sp³-hybridized carbons (Fsp3) is 0.350. The van der Waals surface area contributed by atoms with Gasteiger partial charge in [0.1, 0.15) is 5.69 Å². The average molecular weight is 350 g/mol. The van der Waals surface area contributed by atoms with Crippen LogP contribution in [0.5, 0.6) is 0 Å². The Morgan fingerprint density at radius 3 is 2.69 bits per heavy atom. The highest BCUT2D eigenvalue weighted by atomic mass is 16.2. The van der Waals surface area contributed by atoms with Crippen LogP contribution in [0.2, 0.25) is 0 Å². The average Bonchev–Trinajstić information content (AvgIpc) is 2.98. The number of carbonyl (C=O) groups excluding carboxylic acids is 1. The van der Waals surface area contributed by atoms with E-state index in [1.54, 1.807) is 17.0 Å². The van der Waals surface area contributed by atoms with Gasteiger partial charge in [0, 0.05) is 32.5 Å². The molecule has 0 radical (unpaired) electrons. The Balaban J connectivity index is 1.83. The first-order valence-corrected chi connectivity index (χ1v) is 8.98. The number of carbonyl (C=O) groups is 1. The van der Waals surface area contributed by atoms with Crippen molar-refractivity contribution in [2.24, 2.45) is 13.0 Å². The maximum absolute atomic E-state index is 13.1. The molecule has 4 rings (SSSR count). The number of piperidine rings is 1. The Hall–Kier alpha value is -2.89. The van der Waals surface area contributed by atoms with Crippen LogP contribution in [0.25, 0.3) is 16.9 Å². The molecule has 1 saturated heterocycles. The third-order valence-corrected chi connectivity index (χ3v) is 4.97. The standard InChI is InChI=1S/C20H22N4O2/c1-14-7-6-10-23(11-14)19(25)16-12-22(2)13-17-18(16)21-24(20(17)26)15-8-4-3-5-9-15/h3-5,8-9,12-14H,6-7,10-11H2,1-2H3/t14-/m1/s1. The predicted molar refractivity (Wildman–Crippen MR) is 99.7 cm³/mol. The first kappa shape index (κ1) is 16.6. The number of hydrogen-bond acceptors (Lipinski definition) is 3. The van der Waals surface area contributed by atoms with Crippen LogP contribution in [0.15, 0.2) is 47.5 Å². The van der Waals surface area contributed by atoms with E-state index < -0.39 is 0 Å². The molecule has 3 aliphatic rings. The highest BCUT2D eigenvalue weighted by Crippen LogP contribution is 2.25. The van der Waals surface area contributed by atoms with E-state index >= 15 is 0 Å². The second-order valence-electron chi connectivity index (χ2n) is 7.15. The number of aromatic nitrogens is 3. The van der Waals surface area contributed by atoms with Crippen LogP contribution in [0.4, 0.5) is 0 Å². The summed E-state index contributed by atoms with van der Waals surface area (Å²) < 4.78 is 3.14. The van der Waals surface area contributed by atoms with E-state index in [0.29, 0.717) is 28.4 Å². The number of benzene rings is 1. The Labute approximate surface area is 152 Å². The number of hydrogen-bond donors (Lipinski definition) is 0. The van der Waals surface area contributed by atoms with Gasteiger partial charge in [-0.2, -0.15) is 9.78 Å². The van der Waals surface area contributed by atoms with Crippen LogP contribution in [-0.4, -0.2) is 38.2 Å². The lowest BCUT2D eigenvalue weighted by atomic mass is 9.99. The molecule has 0 aliphatic carbocycles. The summed E-state index contributed by atoms with van der Waals surface area (Å²) in [5.74, 6) is 0.452. The van der Waals surface area contributed by atoms with Crippen molar-refractivity contribution in [3.05, 3.63) is 58.6 Å². The molecular weight excluding hydrogens is 328 g/mol. The van der Waals surface area contributed by atoms with Crippen molar-refractivity contribution in [3.8, 4) is 16.9 Å². The molecule has 6 nitrogen and oxygen atoms in total. The van der Waals surface area contributed by atoms with Gasteiger partial charge in [-0.05, 0) is 30.9 Å². The predicted octanol–water partition coefficient (Wildman–Crippen LogP) is 2.55. The molecule has 0 bridgehead atoms. The number of fused-ring (bicyclic) bond motifs is 1. The SMILES string of the molecule is C[C@@H]1CCCN(C(=O)c2cn(C)cc3c(=O)n(-c4ccccc4)nc2-3)C1. The van der Waals surface area contributed by atoms with Crippen LogP contribution in [0.1, 0.15) is 30.1 Å². The van der Waals surface area contributed by atoms with Crippen LogP contribution in [0.3, 0.4) is 0 Å². The molecule has 26 heavy (non-hydrogen) atoms. The molecule has 1 fully saturated rings. The summed E-state index contributed by atoms with van der Waals surface area (Å²) in [5.41, 5.74) is 1.92. The van der Waals surface area contributed by atoms with E-state index in [2.05, 4.69) is 12.0 Å². The van der Waals surface area contributed by atoms with Crippen LogP contribution >= 0.6 is 0 Å². The van der Waals surface area contributed by atoms with Gasteiger partial charge in [-0.1, -0.05) is 25.1 Å². The largest absolute Gasteiger partial charge is 0.356 e. The minimum absolute atomic E-state index is 0.0459. The molecule has 3 aliphatic heterocycles. The third kappa shape index (κ3) is 2.81. The molecule has 0 unspecified atom stereocenters. The normalized spacial score (nSPS) is 17.6. The zero-order valence-electron chi connectivity index (χ0n) is 15.1. The highest BCUT2D eigenvalue weighted by molar-refractivity contribution is 6.00. The molecule has 1 atom stereocenters. The summed E-state index contributed by atoms with van der Waals surface area (Å²) in [6.45, 7) is 3.68. The monoisotopic (exact) mass is 350 g/mol. The Kier molecular flexibility index (Phi) is 4.11. The van der Waals surface area contributed by atoms with Gasteiger partial charge in [-0.15, -0.1) is 0 Å². The minimum atomic E-state index is -0.205. The van der Waals surface area contributed by atoms with E-state index in [0.717, 1.165) is 25.9 Å². The van der Waals surface area contributed by atoms with Crippen LogP contribution in [-0.2, 0) is 7.05 Å². The molecule has 3 heterocycles. The number of para-hydroxylation sites is 1. The second kappa shape index (κ2) is 6.44. The summed E-state index contributed by atoms with van der Waals surface area (Å²) in [6, 6.07) is 9.29. The fourth-order valence-electron chi connectivity index (χ4n) is 3.68. The number of nitrogens with zero attached hydrogens (tertiary/aromatic N) is 4. The van der Waals surface area contributed by atoms with Gasteiger partial charge >= 0.3 is 0 Å². The lowest BCUT2D eigenvalue weighted by Gasteiger charge is -2.31. The molecule has 1 aromatic rings. The summed E-state index contributed by atoms with van der Waals surface area (Å²) in [6.07, 6.45) is 5.67. The maximum Gasteiger partial charge on any atom is 0.282 e. The summed E-state index contributed by atoms with van der Waals surface area (Å²) in [5, 5.41) is 4.50. The molecule has 0 spiro atoms. The lowest BCUT2D eigenvalue weighted by Crippen LogP contribution is -2.39.